The van der Waals surface area contributed by atoms with E-state index in [4.69, 9.17) is 5.26 Å². The average Bonchev–Trinajstić information content (AvgIpc) is 2.70. The first-order valence-corrected chi connectivity index (χ1v) is 5.20. The van der Waals surface area contributed by atoms with Crippen LogP contribution in [0.1, 0.15) is 12.0 Å². The van der Waals surface area contributed by atoms with E-state index in [0.29, 0.717) is 17.2 Å². The molecule has 1 fully saturated rings. The van der Waals surface area contributed by atoms with Crippen LogP contribution in [0.2, 0.25) is 0 Å². The van der Waals surface area contributed by atoms with E-state index in [1.165, 1.54) is 12.1 Å². The molecule has 0 radical (unpaired) electrons. The third-order valence-corrected chi connectivity index (χ3v) is 2.38. The van der Waals surface area contributed by atoms with Gasteiger partial charge in [-0.3, -0.25) is 4.79 Å². The Morgan fingerprint density at radius 1 is 1.50 bits per heavy atom. The van der Waals surface area contributed by atoms with Gasteiger partial charge in [0.2, 0.25) is 0 Å². The van der Waals surface area contributed by atoms with Crippen molar-refractivity contribution in [3.63, 3.8) is 0 Å². The number of thiol groups is 1. The lowest BCUT2D eigenvalue weighted by Crippen LogP contribution is -2.07. The lowest BCUT2D eigenvalue weighted by atomic mass is 10.2. The fourth-order valence-corrected chi connectivity index (χ4v) is 1.41. The maximum Gasteiger partial charge on any atom is 0.147 e. The Morgan fingerprint density at radius 3 is 2.56 bits per heavy atom. The molecule has 1 saturated heterocycles. The Hall–Kier alpha value is -1.38. The third-order valence-electron chi connectivity index (χ3n) is 2.01. The highest BCUT2D eigenvalue weighted by atomic mass is 32.1. The summed E-state index contributed by atoms with van der Waals surface area (Å²) < 4.78 is 12.6. The van der Waals surface area contributed by atoms with Crippen LogP contribution in [-0.4, -0.2) is 18.9 Å². The summed E-state index contributed by atoms with van der Waals surface area (Å²) in [7, 11) is 0. The molecule has 1 aromatic carbocycles. The Balaban J connectivity index is 0.000000181. The number of halogens is 1. The van der Waals surface area contributed by atoms with E-state index < -0.39 is 5.82 Å². The second-order valence-electron chi connectivity index (χ2n) is 3.21. The number of nitriles is 1. The number of benzene rings is 1. The van der Waals surface area contributed by atoms with Gasteiger partial charge >= 0.3 is 0 Å². The van der Waals surface area contributed by atoms with E-state index in [2.05, 4.69) is 17.9 Å². The van der Waals surface area contributed by atoms with Gasteiger partial charge in [0.1, 0.15) is 23.2 Å². The van der Waals surface area contributed by atoms with E-state index in [-0.39, 0.29) is 5.56 Å². The minimum atomic E-state index is -0.519. The highest BCUT2D eigenvalue weighted by Gasteiger charge is 2.06. The fraction of sp³-hybridized carbons (Fsp3) is 0.273. The van der Waals surface area contributed by atoms with Crippen LogP contribution in [0.3, 0.4) is 0 Å². The second kappa shape index (κ2) is 6.26. The van der Waals surface area contributed by atoms with E-state index in [9.17, 15) is 9.18 Å². The molecule has 1 N–H and O–H groups in total. The molecule has 1 heterocycles. The number of nitrogens with one attached hydrogen (secondary N) is 1. The number of nitrogens with zero attached hydrogens (tertiary/aromatic N) is 1. The van der Waals surface area contributed by atoms with Gasteiger partial charge < -0.3 is 5.32 Å². The smallest absolute Gasteiger partial charge is 0.147 e. The zero-order chi connectivity index (χ0) is 12.0. The van der Waals surface area contributed by atoms with Gasteiger partial charge in [0.15, 0.2) is 0 Å². The Morgan fingerprint density at radius 2 is 2.25 bits per heavy atom. The molecule has 16 heavy (non-hydrogen) atoms. The summed E-state index contributed by atoms with van der Waals surface area (Å²) in [6.07, 6.45) is 0.736. The average molecular weight is 238 g/mol. The Labute approximate surface area is 98.7 Å². The molecule has 3 nitrogen and oxygen atoms in total. The van der Waals surface area contributed by atoms with Crippen LogP contribution < -0.4 is 5.32 Å². The maximum atomic E-state index is 12.6. The number of ketones is 1. The molecule has 1 aliphatic heterocycles. The van der Waals surface area contributed by atoms with Crippen LogP contribution >= 0.6 is 12.6 Å². The molecule has 0 spiro atoms. The number of Topliss-reactive ketones (excluding diaryl/α,β-unsaturated/α-hetero) is 1. The number of hydrogen-bond donors (Lipinski definition) is 2. The number of carbonyl (C=O) groups is 1. The summed E-state index contributed by atoms with van der Waals surface area (Å²) in [4.78, 5) is 10.6. The van der Waals surface area contributed by atoms with Crippen molar-refractivity contribution in [2.75, 3.05) is 13.1 Å². The molecule has 0 bridgehead atoms. The quantitative estimate of drug-likeness (QED) is 0.674. The number of hydrogen-bond acceptors (Lipinski definition) is 4. The summed E-state index contributed by atoms with van der Waals surface area (Å²) in [5.74, 6) is -0.176. The molecular weight excluding hydrogens is 227 g/mol. The molecule has 0 saturated carbocycles. The highest BCUT2D eigenvalue weighted by Crippen LogP contribution is 2.14. The van der Waals surface area contributed by atoms with Gasteiger partial charge in [-0.1, -0.05) is 6.07 Å². The van der Waals surface area contributed by atoms with Gasteiger partial charge in [0.05, 0.1) is 6.54 Å². The topological polar surface area (TPSA) is 52.9 Å². The van der Waals surface area contributed by atoms with Crippen molar-refractivity contribution < 1.29 is 9.18 Å². The van der Waals surface area contributed by atoms with E-state index in [0.717, 1.165) is 13.0 Å². The van der Waals surface area contributed by atoms with Gasteiger partial charge in [0.25, 0.3) is 0 Å². The molecule has 0 aromatic heterocycles. The summed E-state index contributed by atoms with van der Waals surface area (Å²) in [6, 6.07) is 6.03. The molecule has 5 heteroatoms. The first kappa shape index (κ1) is 12.7. The van der Waals surface area contributed by atoms with Crippen LogP contribution in [-0.2, 0) is 4.79 Å². The highest BCUT2D eigenvalue weighted by molar-refractivity contribution is 7.80. The van der Waals surface area contributed by atoms with Crippen molar-refractivity contribution in [3.05, 3.63) is 29.6 Å². The van der Waals surface area contributed by atoms with Crippen LogP contribution in [0.25, 0.3) is 0 Å². The van der Waals surface area contributed by atoms with Crippen molar-refractivity contribution >= 4 is 18.4 Å². The fourth-order valence-electron chi connectivity index (χ4n) is 1.17. The molecule has 0 atom stereocenters. The minimum absolute atomic E-state index is 0.00540. The first-order valence-electron chi connectivity index (χ1n) is 4.75. The molecule has 0 amide bonds. The zero-order valence-corrected chi connectivity index (χ0v) is 9.43. The minimum Gasteiger partial charge on any atom is -0.310 e. The molecule has 0 aliphatic carbocycles. The number of rotatable bonds is 0. The summed E-state index contributed by atoms with van der Waals surface area (Å²) in [6.45, 7) is 1.48. The number of carbonyl (C=O) groups excluding carboxylic acids is 1. The van der Waals surface area contributed by atoms with Gasteiger partial charge in [-0.2, -0.15) is 5.26 Å². The summed E-state index contributed by atoms with van der Waals surface area (Å²) in [5.41, 5.74) is 0.00540. The third kappa shape index (κ3) is 3.65. The summed E-state index contributed by atoms with van der Waals surface area (Å²) in [5, 5.41) is 11.3. The lowest BCUT2D eigenvalue weighted by Gasteiger charge is -1.94. The molecule has 84 valence electrons. The normalized spacial score (nSPS) is 13.9. The standard InChI is InChI=1S/C7H4FNS.C4H7NO/c8-6-2-1-3-7(10)5(6)4-9;6-4-1-2-5-3-4/h1-3,10H;5H,1-3H2. The molecule has 1 aromatic rings. The predicted octanol–water partition coefficient (Wildman–Crippen LogP) is 1.53. The van der Waals surface area contributed by atoms with E-state index in [1.54, 1.807) is 12.1 Å². The van der Waals surface area contributed by atoms with Crippen LogP contribution in [0.4, 0.5) is 4.39 Å². The van der Waals surface area contributed by atoms with Crippen molar-refractivity contribution in [2.24, 2.45) is 0 Å². The lowest BCUT2D eigenvalue weighted by molar-refractivity contribution is -0.116. The molecule has 0 unspecified atom stereocenters. The van der Waals surface area contributed by atoms with Gasteiger partial charge in [-0.25, -0.2) is 4.39 Å². The second-order valence-corrected chi connectivity index (χ2v) is 3.69. The Kier molecular flexibility index (Phi) is 4.96. The van der Waals surface area contributed by atoms with E-state index in [1.807, 2.05) is 0 Å². The van der Waals surface area contributed by atoms with Crippen LogP contribution in [0.15, 0.2) is 23.1 Å². The van der Waals surface area contributed by atoms with Crippen molar-refractivity contribution in [2.45, 2.75) is 11.3 Å². The van der Waals surface area contributed by atoms with Gasteiger partial charge in [-0.15, -0.1) is 12.6 Å². The van der Waals surface area contributed by atoms with Crippen molar-refractivity contribution in [3.8, 4) is 6.07 Å². The van der Waals surface area contributed by atoms with Crippen LogP contribution in [0.5, 0.6) is 0 Å². The predicted molar refractivity (Wildman–Crippen MR) is 60.9 cm³/mol. The zero-order valence-electron chi connectivity index (χ0n) is 8.53. The monoisotopic (exact) mass is 238 g/mol. The van der Waals surface area contributed by atoms with Crippen LogP contribution in [0, 0.1) is 17.1 Å². The Bertz CT molecular complexity index is 400. The van der Waals surface area contributed by atoms with E-state index >= 15 is 0 Å². The summed E-state index contributed by atoms with van der Waals surface area (Å²) >= 11 is 3.89. The maximum absolute atomic E-state index is 12.6. The van der Waals surface area contributed by atoms with Gasteiger partial charge in [0, 0.05) is 17.9 Å². The van der Waals surface area contributed by atoms with Crippen molar-refractivity contribution in [1.29, 1.82) is 5.26 Å². The largest absolute Gasteiger partial charge is 0.310 e. The molecular formula is C11H11FN2OS. The molecule has 2 rings (SSSR count). The van der Waals surface area contributed by atoms with Gasteiger partial charge in [-0.05, 0) is 12.1 Å². The van der Waals surface area contributed by atoms with Crippen molar-refractivity contribution in [1.82, 2.24) is 5.32 Å². The molecule has 1 aliphatic rings. The SMILES string of the molecule is N#Cc1c(F)cccc1S.O=C1CCNC1. The first-order chi connectivity index (χ1) is 7.65.